The Morgan fingerprint density at radius 3 is 2.76 bits per heavy atom. The molecule has 4 nitrogen and oxygen atoms in total. The van der Waals surface area contributed by atoms with E-state index in [1.807, 2.05) is 47.2 Å². The molecule has 88 valence electrons. The highest BCUT2D eigenvalue weighted by atomic mass is 79.9. The van der Waals surface area contributed by atoms with Crippen LogP contribution in [0.3, 0.4) is 0 Å². The van der Waals surface area contributed by atoms with E-state index < -0.39 is 0 Å². The summed E-state index contributed by atoms with van der Waals surface area (Å²) in [4.78, 5) is 0. The number of halogens is 1. The van der Waals surface area contributed by atoms with Crippen molar-refractivity contribution in [3.63, 3.8) is 0 Å². The lowest BCUT2D eigenvalue weighted by Crippen LogP contribution is -2.18. The summed E-state index contributed by atoms with van der Waals surface area (Å²) in [6, 6.07) is 11.6. The highest BCUT2D eigenvalue weighted by Gasteiger charge is 2.07. The van der Waals surface area contributed by atoms with Crippen LogP contribution in [0, 0.1) is 0 Å². The molecule has 0 aliphatic carbocycles. The van der Waals surface area contributed by atoms with Gasteiger partial charge in [0.15, 0.2) is 5.84 Å². The van der Waals surface area contributed by atoms with Crippen molar-refractivity contribution in [2.45, 2.75) is 6.54 Å². The molecule has 0 fully saturated rings. The molecule has 3 N–H and O–H groups in total. The summed E-state index contributed by atoms with van der Waals surface area (Å²) < 4.78 is 2.97. The maximum absolute atomic E-state index is 8.69. The zero-order valence-electron chi connectivity index (χ0n) is 9.05. The van der Waals surface area contributed by atoms with Crippen molar-refractivity contribution in [1.29, 1.82) is 0 Å². The molecule has 1 aromatic carbocycles. The number of hydrogen-bond donors (Lipinski definition) is 2. The molecule has 0 amide bonds. The Kier molecular flexibility index (Phi) is 3.49. The summed E-state index contributed by atoms with van der Waals surface area (Å²) in [5.74, 6) is 0.113. The fraction of sp³-hybridized carbons (Fsp3) is 0.0833. The molecule has 2 rings (SSSR count). The highest BCUT2D eigenvalue weighted by molar-refractivity contribution is 9.10. The molecule has 0 unspecified atom stereocenters. The summed E-state index contributed by atoms with van der Waals surface area (Å²) in [5.41, 5.74) is 7.43. The van der Waals surface area contributed by atoms with Gasteiger partial charge in [-0.3, -0.25) is 0 Å². The standard InChI is InChI=1S/C12H12BrN3O/c13-10-5-2-1-4-9(10)8-16-7-3-6-11(16)12(14)15-17/h1-7,17H,8H2,(H2,14,15). The Labute approximate surface area is 107 Å². The molecule has 1 aromatic heterocycles. The maximum Gasteiger partial charge on any atom is 0.186 e. The van der Waals surface area contributed by atoms with Crippen molar-refractivity contribution < 1.29 is 5.21 Å². The molecule has 0 spiro atoms. The van der Waals surface area contributed by atoms with E-state index in [9.17, 15) is 0 Å². The average molecular weight is 294 g/mol. The lowest BCUT2D eigenvalue weighted by molar-refractivity contribution is 0.318. The number of hydrogen-bond acceptors (Lipinski definition) is 2. The molecule has 0 aliphatic rings. The van der Waals surface area contributed by atoms with Crippen LogP contribution in [0.5, 0.6) is 0 Å². The first-order valence-corrected chi connectivity index (χ1v) is 5.88. The van der Waals surface area contributed by atoms with Gasteiger partial charge in [0.1, 0.15) is 0 Å². The van der Waals surface area contributed by atoms with Crippen LogP contribution >= 0.6 is 15.9 Å². The second-order valence-corrected chi connectivity index (χ2v) is 4.45. The molecule has 0 saturated carbocycles. The molecule has 2 aromatic rings. The zero-order valence-corrected chi connectivity index (χ0v) is 10.6. The SMILES string of the molecule is N/C(=N/O)c1cccn1Cc1ccccc1Br. The van der Waals surface area contributed by atoms with E-state index in [1.54, 1.807) is 0 Å². The molecular formula is C12H12BrN3O. The van der Waals surface area contributed by atoms with Gasteiger partial charge in [-0.2, -0.15) is 0 Å². The molecular weight excluding hydrogens is 282 g/mol. The van der Waals surface area contributed by atoms with Crippen LogP contribution in [0.4, 0.5) is 0 Å². The van der Waals surface area contributed by atoms with Gasteiger partial charge in [-0.05, 0) is 23.8 Å². The number of oxime groups is 1. The van der Waals surface area contributed by atoms with Gasteiger partial charge >= 0.3 is 0 Å². The highest BCUT2D eigenvalue weighted by Crippen LogP contribution is 2.18. The number of rotatable bonds is 3. The van der Waals surface area contributed by atoms with Crippen molar-refractivity contribution in [3.05, 3.63) is 58.3 Å². The number of amidine groups is 1. The lowest BCUT2D eigenvalue weighted by Gasteiger charge is -2.09. The van der Waals surface area contributed by atoms with Crippen LogP contribution in [-0.4, -0.2) is 15.6 Å². The minimum Gasteiger partial charge on any atom is -0.409 e. The summed E-state index contributed by atoms with van der Waals surface area (Å²) in [7, 11) is 0. The van der Waals surface area contributed by atoms with Crippen molar-refractivity contribution in [3.8, 4) is 0 Å². The van der Waals surface area contributed by atoms with E-state index in [1.165, 1.54) is 0 Å². The van der Waals surface area contributed by atoms with Crippen LogP contribution in [0.15, 0.2) is 52.2 Å². The Morgan fingerprint density at radius 1 is 1.29 bits per heavy atom. The van der Waals surface area contributed by atoms with Gasteiger partial charge in [-0.1, -0.05) is 39.3 Å². The van der Waals surface area contributed by atoms with Gasteiger partial charge in [0.2, 0.25) is 0 Å². The maximum atomic E-state index is 8.69. The van der Waals surface area contributed by atoms with Gasteiger partial charge in [0, 0.05) is 17.2 Å². The monoisotopic (exact) mass is 293 g/mol. The second-order valence-electron chi connectivity index (χ2n) is 3.60. The molecule has 5 heteroatoms. The van der Waals surface area contributed by atoms with E-state index >= 15 is 0 Å². The topological polar surface area (TPSA) is 63.5 Å². The lowest BCUT2D eigenvalue weighted by atomic mass is 10.2. The van der Waals surface area contributed by atoms with Crippen molar-refractivity contribution in [1.82, 2.24) is 4.57 Å². The van der Waals surface area contributed by atoms with Gasteiger partial charge in [0.05, 0.1) is 5.69 Å². The molecule has 0 radical (unpaired) electrons. The quantitative estimate of drug-likeness (QED) is 0.395. The van der Waals surface area contributed by atoms with Gasteiger partial charge < -0.3 is 15.5 Å². The van der Waals surface area contributed by atoms with Crippen LogP contribution in [0.25, 0.3) is 0 Å². The van der Waals surface area contributed by atoms with Crippen LogP contribution in [0.2, 0.25) is 0 Å². The minimum atomic E-state index is 0.113. The van der Waals surface area contributed by atoms with Crippen molar-refractivity contribution in [2.24, 2.45) is 10.9 Å². The van der Waals surface area contributed by atoms with Gasteiger partial charge in [-0.15, -0.1) is 0 Å². The fourth-order valence-corrected chi connectivity index (χ4v) is 2.06. The zero-order chi connectivity index (χ0) is 12.3. The summed E-state index contributed by atoms with van der Waals surface area (Å²) in [6.07, 6.45) is 1.90. The van der Waals surface area contributed by atoms with Crippen molar-refractivity contribution >= 4 is 21.8 Å². The third-order valence-corrected chi connectivity index (χ3v) is 3.27. The molecule has 0 saturated heterocycles. The van der Waals surface area contributed by atoms with Crippen LogP contribution in [-0.2, 0) is 6.54 Å². The predicted octanol–water partition coefficient (Wildman–Crippen LogP) is 2.39. The second kappa shape index (κ2) is 5.05. The van der Waals surface area contributed by atoms with Crippen LogP contribution < -0.4 is 5.73 Å². The third kappa shape index (κ3) is 2.50. The van der Waals surface area contributed by atoms with E-state index in [4.69, 9.17) is 10.9 Å². The number of benzene rings is 1. The summed E-state index contributed by atoms with van der Waals surface area (Å²) in [6.45, 7) is 0.667. The fourth-order valence-electron chi connectivity index (χ4n) is 1.65. The predicted molar refractivity (Wildman–Crippen MR) is 70.2 cm³/mol. The first kappa shape index (κ1) is 11.7. The van der Waals surface area contributed by atoms with Crippen molar-refractivity contribution in [2.75, 3.05) is 0 Å². The molecule has 1 heterocycles. The molecule has 0 bridgehead atoms. The first-order valence-electron chi connectivity index (χ1n) is 5.09. The van der Waals surface area contributed by atoms with Crippen LogP contribution in [0.1, 0.15) is 11.3 Å². The van der Waals surface area contributed by atoms with E-state index in [-0.39, 0.29) is 5.84 Å². The number of nitrogens with two attached hydrogens (primary N) is 1. The molecule has 0 atom stereocenters. The van der Waals surface area contributed by atoms with E-state index in [0.29, 0.717) is 12.2 Å². The smallest absolute Gasteiger partial charge is 0.186 e. The summed E-state index contributed by atoms with van der Waals surface area (Å²) >= 11 is 3.50. The number of nitrogens with zero attached hydrogens (tertiary/aromatic N) is 2. The average Bonchev–Trinajstić information content (AvgIpc) is 2.79. The largest absolute Gasteiger partial charge is 0.409 e. The van der Waals surface area contributed by atoms with E-state index in [0.717, 1.165) is 10.0 Å². The number of aromatic nitrogens is 1. The third-order valence-electron chi connectivity index (χ3n) is 2.50. The first-order chi connectivity index (χ1) is 8.22. The van der Waals surface area contributed by atoms with E-state index in [2.05, 4.69) is 21.1 Å². The van der Waals surface area contributed by atoms with Gasteiger partial charge in [0.25, 0.3) is 0 Å². The Hall–Kier alpha value is -1.75. The molecule has 17 heavy (non-hydrogen) atoms. The Morgan fingerprint density at radius 2 is 2.06 bits per heavy atom. The Balaban J connectivity index is 2.32. The minimum absolute atomic E-state index is 0.113. The van der Waals surface area contributed by atoms with Gasteiger partial charge in [-0.25, -0.2) is 0 Å². The molecule has 0 aliphatic heterocycles. The summed E-state index contributed by atoms with van der Waals surface area (Å²) in [5, 5.41) is 11.7. The normalized spacial score (nSPS) is 11.7. The Bertz CT molecular complexity index is 548.